The highest BCUT2D eigenvalue weighted by Crippen LogP contribution is 2.34. The molecule has 2 aliphatic rings. The molecule has 1 atom stereocenters. The molecular weight excluding hydrogens is 444 g/mol. The van der Waals surface area contributed by atoms with E-state index in [1.807, 2.05) is 0 Å². The molecule has 0 spiro atoms. The topological polar surface area (TPSA) is 97.2 Å². The molecule has 32 heavy (non-hydrogen) atoms. The Bertz CT molecular complexity index is 1290. The van der Waals surface area contributed by atoms with Crippen molar-refractivity contribution >= 4 is 29.3 Å². The summed E-state index contributed by atoms with van der Waals surface area (Å²) in [5.41, 5.74) is 1.43. The van der Waals surface area contributed by atoms with Crippen LogP contribution in [0.25, 0.3) is 16.9 Å². The Morgan fingerprint density at radius 3 is 2.53 bits per heavy atom. The number of amides is 3. The van der Waals surface area contributed by atoms with E-state index >= 15 is 0 Å². The molecule has 0 aliphatic carbocycles. The van der Waals surface area contributed by atoms with Gasteiger partial charge in [-0.2, -0.15) is 0 Å². The van der Waals surface area contributed by atoms with Gasteiger partial charge >= 0.3 is 0 Å². The van der Waals surface area contributed by atoms with Crippen molar-refractivity contribution in [3.63, 3.8) is 0 Å². The van der Waals surface area contributed by atoms with Crippen molar-refractivity contribution in [2.75, 3.05) is 0 Å². The molecule has 1 unspecified atom stereocenters. The average molecular weight is 458 g/mol. The first-order valence-electron chi connectivity index (χ1n) is 9.67. The molecule has 3 heterocycles. The predicted octanol–water partition coefficient (Wildman–Crippen LogP) is 2.63. The maximum absolute atomic E-state index is 14.3. The third-order valence-electron chi connectivity index (χ3n) is 5.56. The molecule has 2 aliphatic heterocycles. The number of imide groups is 1. The lowest BCUT2D eigenvalue weighted by molar-refractivity contribution is -0.136. The van der Waals surface area contributed by atoms with E-state index in [4.69, 9.17) is 11.6 Å². The van der Waals surface area contributed by atoms with Crippen LogP contribution in [-0.4, -0.2) is 43.7 Å². The van der Waals surface area contributed by atoms with Crippen molar-refractivity contribution in [3.8, 4) is 16.9 Å². The number of carbonyl (C=O) groups is 3. The lowest BCUT2D eigenvalue weighted by Crippen LogP contribution is -2.52. The van der Waals surface area contributed by atoms with Crippen LogP contribution in [0.15, 0.2) is 36.5 Å². The van der Waals surface area contributed by atoms with Crippen molar-refractivity contribution < 1.29 is 23.2 Å². The molecule has 1 saturated heterocycles. The van der Waals surface area contributed by atoms with Gasteiger partial charge in [-0.05, 0) is 30.2 Å². The Labute approximate surface area is 184 Å². The van der Waals surface area contributed by atoms with Gasteiger partial charge in [-0.3, -0.25) is 19.7 Å². The zero-order valence-corrected chi connectivity index (χ0v) is 17.1. The molecule has 1 N–H and O–H groups in total. The second kappa shape index (κ2) is 7.49. The predicted molar refractivity (Wildman–Crippen MR) is 108 cm³/mol. The third-order valence-corrected chi connectivity index (χ3v) is 5.78. The van der Waals surface area contributed by atoms with E-state index in [0.717, 1.165) is 16.8 Å². The molecule has 0 saturated carbocycles. The van der Waals surface area contributed by atoms with Crippen LogP contribution in [0.2, 0.25) is 5.02 Å². The van der Waals surface area contributed by atoms with Gasteiger partial charge < -0.3 is 4.90 Å². The molecule has 11 heteroatoms. The number of nitrogens with one attached hydrogen (secondary N) is 1. The molecule has 3 amide bonds. The second-order valence-electron chi connectivity index (χ2n) is 7.50. The van der Waals surface area contributed by atoms with Gasteiger partial charge in [0.25, 0.3) is 5.91 Å². The molecule has 0 radical (unpaired) electrons. The second-order valence-corrected chi connectivity index (χ2v) is 7.93. The summed E-state index contributed by atoms with van der Waals surface area (Å²) < 4.78 is 29.5. The van der Waals surface area contributed by atoms with Gasteiger partial charge in [-0.15, -0.1) is 5.10 Å². The van der Waals surface area contributed by atoms with Crippen molar-refractivity contribution in [1.29, 1.82) is 0 Å². The fraction of sp³-hybridized carbons (Fsp3) is 0.190. The minimum Gasteiger partial charge on any atom is -0.322 e. The van der Waals surface area contributed by atoms with Crippen LogP contribution in [0.1, 0.15) is 28.8 Å². The quantitative estimate of drug-likeness (QED) is 0.610. The van der Waals surface area contributed by atoms with Gasteiger partial charge in [-0.1, -0.05) is 28.9 Å². The van der Waals surface area contributed by atoms with E-state index in [1.54, 1.807) is 18.2 Å². The molecule has 1 fully saturated rings. The largest absolute Gasteiger partial charge is 0.322 e. The molecule has 1 aromatic heterocycles. The smallest absolute Gasteiger partial charge is 0.255 e. The normalized spacial score (nSPS) is 18.2. The highest BCUT2D eigenvalue weighted by Gasteiger charge is 2.40. The lowest BCUT2D eigenvalue weighted by atomic mass is 10.0. The van der Waals surface area contributed by atoms with E-state index < -0.39 is 29.3 Å². The summed E-state index contributed by atoms with van der Waals surface area (Å²) in [6, 6.07) is 6.19. The average Bonchev–Trinajstić information content (AvgIpc) is 3.33. The van der Waals surface area contributed by atoms with E-state index in [1.165, 1.54) is 11.1 Å². The van der Waals surface area contributed by atoms with Gasteiger partial charge in [0.05, 0.1) is 6.20 Å². The number of hydrogen-bond donors (Lipinski definition) is 1. The summed E-state index contributed by atoms with van der Waals surface area (Å²) in [6.45, 7) is 0.132. The Kier molecular flexibility index (Phi) is 4.74. The number of hydrogen-bond acceptors (Lipinski definition) is 5. The van der Waals surface area contributed by atoms with E-state index in [9.17, 15) is 23.2 Å². The number of carbonyl (C=O) groups excluding carboxylic acids is 3. The zero-order chi connectivity index (χ0) is 22.6. The van der Waals surface area contributed by atoms with Crippen LogP contribution >= 0.6 is 11.6 Å². The van der Waals surface area contributed by atoms with Crippen LogP contribution in [0, 0.1) is 11.6 Å². The van der Waals surface area contributed by atoms with Gasteiger partial charge in [0.2, 0.25) is 11.8 Å². The third kappa shape index (κ3) is 3.23. The van der Waals surface area contributed by atoms with E-state index in [2.05, 4.69) is 15.6 Å². The molecule has 5 rings (SSSR count). The SMILES string of the molecule is O=C1CCC(N2Cc3c(cccc3-c3cn(-c4c(F)cc(Cl)cc4F)nn3)C2=O)C(=O)N1. The first-order valence-corrected chi connectivity index (χ1v) is 10.1. The maximum Gasteiger partial charge on any atom is 0.255 e. The summed E-state index contributed by atoms with van der Waals surface area (Å²) in [5, 5.41) is 10.0. The first kappa shape index (κ1) is 20.3. The van der Waals surface area contributed by atoms with Gasteiger partial charge in [0, 0.05) is 29.1 Å². The zero-order valence-electron chi connectivity index (χ0n) is 16.3. The van der Waals surface area contributed by atoms with E-state index in [0.29, 0.717) is 22.4 Å². The molecule has 8 nitrogen and oxygen atoms in total. The number of aromatic nitrogens is 3. The van der Waals surface area contributed by atoms with Crippen molar-refractivity contribution in [3.05, 3.63) is 64.3 Å². The molecule has 162 valence electrons. The summed E-state index contributed by atoms with van der Waals surface area (Å²) >= 11 is 5.68. The fourth-order valence-corrected chi connectivity index (χ4v) is 4.27. The number of rotatable bonds is 3. The van der Waals surface area contributed by atoms with Crippen molar-refractivity contribution in [1.82, 2.24) is 25.2 Å². The van der Waals surface area contributed by atoms with Gasteiger partial charge in [0.1, 0.15) is 17.4 Å². The highest BCUT2D eigenvalue weighted by molar-refractivity contribution is 6.30. The summed E-state index contributed by atoms with van der Waals surface area (Å²) in [7, 11) is 0. The minimum atomic E-state index is -0.899. The molecule has 3 aromatic rings. The molecule has 0 bridgehead atoms. The Morgan fingerprint density at radius 2 is 1.81 bits per heavy atom. The number of nitrogens with zero attached hydrogens (tertiary/aromatic N) is 4. The van der Waals surface area contributed by atoms with Crippen molar-refractivity contribution in [2.24, 2.45) is 0 Å². The minimum absolute atomic E-state index is 0.0861. The van der Waals surface area contributed by atoms with Crippen molar-refractivity contribution in [2.45, 2.75) is 25.4 Å². The summed E-state index contributed by atoms with van der Waals surface area (Å²) in [6.07, 6.45) is 1.74. The Balaban J connectivity index is 1.50. The molecule has 2 aromatic carbocycles. The Morgan fingerprint density at radius 1 is 1.09 bits per heavy atom. The lowest BCUT2D eigenvalue weighted by Gasteiger charge is -2.29. The van der Waals surface area contributed by atoms with Gasteiger partial charge in [0.15, 0.2) is 11.6 Å². The number of benzene rings is 2. The van der Waals surface area contributed by atoms with Crippen LogP contribution in [0.5, 0.6) is 0 Å². The summed E-state index contributed by atoms with van der Waals surface area (Å²) in [5.74, 6) is -3.01. The van der Waals surface area contributed by atoms with Gasteiger partial charge in [-0.25, -0.2) is 13.5 Å². The fourth-order valence-electron chi connectivity index (χ4n) is 4.08. The van der Waals surface area contributed by atoms with Crippen LogP contribution in [0.3, 0.4) is 0 Å². The number of halogens is 3. The number of fused-ring (bicyclic) bond motifs is 1. The maximum atomic E-state index is 14.3. The Hall–Kier alpha value is -3.66. The highest BCUT2D eigenvalue weighted by atomic mass is 35.5. The first-order chi connectivity index (χ1) is 15.3. The molecular formula is C21H14ClF2N5O3. The monoisotopic (exact) mass is 457 g/mol. The van der Waals surface area contributed by atoms with Crippen LogP contribution in [0.4, 0.5) is 8.78 Å². The standard InChI is InChI=1S/C21H14ClF2N5O3/c22-10-6-14(23)19(15(24)7-10)29-9-16(26-27-29)11-2-1-3-12-13(11)8-28(21(12)32)17-4-5-18(30)25-20(17)31/h1-3,6-7,9,17H,4-5,8H2,(H,25,30,31). The van der Waals surface area contributed by atoms with Crippen LogP contribution < -0.4 is 5.32 Å². The number of piperidine rings is 1. The van der Waals surface area contributed by atoms with Crippen LogP contribution in [-0.2, 0) is 16.1 Å². The van der Waals surface area contributed by atoms with E-state index in [-0.39, 0.29) is 36.2 Å². The summed E-state index contributed by atoms with van der Waals surface area (Å²) in [4.78, 5) is 38.1.